The molecule has 0 saturated carbocycles. The van der Waals surface area contributed by atoms with Crippen molar-refractivity contribution in [2.24, 2.45) is 5.92 Å². The van der Waals surface area contributed by atoms with Gasteiger partial charge in [-0.2, -0.15) is 0 Å². The van der Waals surface area contributed by atoms with Gasteiger partial charge in [0, 0.05) is 34.6 Å². The number of ether oxygens (including phenoxy) is 1. The van der Waals surface area contributed by atoms with Gasteiger partial charge in [-0.15, -0.1) is 5.10 Å². The van der Waals surface area contributed by atoms with Gasteiger partial charge in [-0.25, -0.2) is 0 Å². The van der Waals surface area contributed by atoms with Gasteiger partial charge in [-0.1, -0.05) is 97.1 Å². The third kappa shape index (κ3) is 5.33. The van der Waals surface area contributed by atoms with Crippen LogP contribution in [0.15, 0.2) is 121 Å². The van der Waals surface area contributed by atoms with E-state index < -0.39 is 32.0 Å². The molecule has 5 atom stereocenters. The molecule has 0 aliphatic carbocycles. The Morgan fingerprint density at radius 1 is 0.889 bits per heavy atom. The molecule has 0 radical (unpaired) electrons. The molecule has 0 unspecified atom stereocenters. The minimum absolute atomic E-state index is 0.120. The van der Waals surface area contributed by atoms with Crippen molar-refractivity contribution >= 4 is 48.0 Å². The molecule has 5 aromatic carbocycles. The number of anilines is 3. The van der Waals surface area contributed by atoms with Crippen LogP contribution in [0.25, 0.3) is 10.8 Å². The average Bonchev–Trinajstić information content (AvgIpc) is 3.91. The van der Waals surface area contributed by atoms with Gasteiger partial charge < -0.3 is 19.5 Å². The molecule has 0 bridgehead atoms. The number of hydrogen-bond acceptors (Lipinski definition) is 7. The van der Waals surface area contributed by atoms with E-state index in [1.54, 1.807) is 20.7 Å². The number of amides is 2. The summed E-state index contributed by atoms with van der Waals surface area (Å²) in [5.74, 6) is -0.688. The molecule has 1 spiro atoms. The van der Waals surface area contributed by atoms with Gasteiger partial charge in [0.05, 0.1) is 35.8 Å². The Morgan fingerprint density at radius 2 is 1.61 bits per heavy atom. The quantitative estimate of drug-likeness (QED) is 0.150. The summed E-state index contributed by atoms with van der Waals surface area (Å²) in [7, 11) is -2.96. The maximum Gasteiger partial charge on any atom is 0.264 e. The van der Waals surface area contributed by atoms with E-state index in [9.17, 15) is 14.7 Å². The molecule has 1 aromatic heterocycles. The van der Waals surface area contributed by atoms with Gasteiger partial charge in [0.25, 0.3) is 11.8 Å². The van der Waals surface area contributed by atoms with Crippen LogP contribution in [0.5, 0.6) is 0 Å². The van der Waals surface area contributed by atoms with E-state index in [-0.39, 0.29) is 17.4 Å². The first-order valence-electron chi connectivity index (χ1n) is 18.5. The maximum atomic E-state index is 15.1. The lowest BCUT2D eigenvalue weighted by molar-refractivity contribution is -0.146. The molecular weight excluding hydrogens is 695 g/mol. The predicted molar refractivity (Wildman–Crippen MR) is 209 cm³/mol. The summed E-state index contributed by atoms with van der Waals surface area (Å²) in [4.78, 5) is 44.6. The summed E-state index contributed by atoms with van der Waals surface area (Å²) in [5.41, 5.74) is 3.96. The Balaban J connectivity index is 1.10. The molecule has 272 valence electrons. The highest BCUT2D eigenvalue weighted by Crippen LogP contribution is 2.60. The Kier molecular flexibility index (Phi) is 8.16. The van der Waals surface area contributed by atoms with Crippen LogP contribution in [0.4, 0.5) is 17.1 Å². The van der Waals surface area contributed by atoms with E-state index in [1.807, 2.05) is 135 Å². The summed E-state index contributed by atoms with van der Waals surface area (Å²) >= 11 is 0. The number of hydrogen-bond donors (Lipinski definition) is 2. The fourth-order valence-corrected chi connectivity index (χ4v) is 11.8. The Labute approximate surface area is 314 Å². The summed E-state index contributed by atoms with van der Waals surface area (Å²) in [6.07, 6.45) is 0.794. The van der Waals surface area contributed by atoms with Crippen molar-refractivity contribution in [2.45, 2.75) is 62.9 Å². The average molecular weight is 736 g/mol. The molecular formula is C43H41N5O5Si. The maximum absolute atomic E-state index is 15.1. The van der Waals surface area contributed by atoms with E-state index in [4.69, 9.17) is 4.74 Å². The molecule has 1 fully saturated rings. The summed E-state index contributed by atoms with van der Waals surface area (Å²) in [5, 5.41) is 21.4. The van der Waals surface area contributed by atoms with Gasteiger partial charge in [0.15, 0.2) is 13.9 Å². The van der Waals surface area contributed by atoms with Gasteiger partial charge in [-0.3, -0.25) is 19.2 Å². The Hall–Kier alpha value is -5.46. The van der Waals surface area contributed by atoms with Crippen LogP contribution < -0.4 is 9.80 Å². The molecule has 2 amide bonds. The minimum Gasteiger partial charge on any atom is -0.432 e. The number of nitrogens with zero attached hydrogens (tertiary/aromatic N) is 5. The molecule has 9 rings (SSSR count). The van der Waals surface area contributed by atoms with Crippen molar-refractivity contribution in [3.05, 3.63) is 149 Å². The lowest BCUT2D eigenvalue weighted by Gasteiger charge is -2.32. The number of aryl methyl sites for hydroxylation is 1. The smallest absolute Gasteiger partial charge is 0.264 e. The van der Waals surface area contributed by atoms with E-state index >= 15 is 4.79 Å². The normalized spacial score (nSPS) is 22.5. The molecule has 1 saturated heterocycles. The van der Waals surface area contributed by atoms with Gasteiger partial charge >= 0.3 is 0 Å². The number of aliphatic hydroxyl groups is 1. The third-order valence-corrected chi connectivity index (χ3v) is 14.1. The van der Waals surface area contributed by atoms with Gasteiger partial charge in [0.2, 0.25) is 0 Å². The number of aliphatic hydroxyl groups excluding tert-OH is 1. The molecule has 6 aromatic rings. The van der Waals surface area contributed by atoms with Crippen molar-refractivity contribution < 1.29 is 24.2 Å². The zero-order chi connectivity index (χ0) is 37.4. The largest absolute Gasteiger partial charge is 0.432 e. The minimum atomic E-state index is -2.96. The number of benzene rings is 5. The van der Waals surface area contributed by atoms with Crippen LogP contribution in [0.3, 0.4) is 0 Å². The highest BCUT2D eigenvalue weighted by molar-refractivity contribution is 6.71. The predicted octanol–water partition coefficient (Wildman–Crippen LogP) is 7.24. The molecule has 10 nitrogen and oxygen atoms in total. The first-order valence-corrected chi connectivity index (χ1v) is 21.5. The standard InChI is InChI=1S/C43H41N5O5Si/c1-27-40(54(2,3)52)37(22-23-46-26-34(44-45-46)39(49)30-14-8-5-9-15-30)53-43(27)33-24-31(20-21-35(33)47(42(43)51)25-28-12-6-4-7-13-28)48-36-19-11-17-29-16-10-18-32(38(29)36)41(48)50/h4-21,24,26-27,37,39-40,49,52H,22-23,25H2,1-3H3/t27-,37+,39+,40-,43+/m0/s1. The first-order chi connectivity index (χ1) is 26.1. The van der Waals surface area contributed by atoms with E-state index in [2.05, 4.69) is 10.3 Å². The Morgan fingerprint density at radius 3 is 2.35 bits per heavy atom. The van der Waals surface area contributed by atoms with Gasteiger partial charge in [0.1, 0.15) is 11.8 Å². The van der Waals surface area contributed by atoms with Crippen LogP contribution in [0.1, 0.15) is 52.2 Å². The van der Waals surface area contributed by atoms with Crippen LogP contribution in [0, 0.1) is 5.92 Å². The molecule has 54 heavy (non-hydrogen) atoms. The lowest BCUT2D eigenvalue weighted by atomic mass is 9.82. The van der Waals surface area contributed by atoms with Crippen LogP contribution in [-0.4, -0.2) is 51.1 Å². The summed E-state index contributed by atoms with van der Waals surface area (Å²) in [6.45, 7) is 6.59. The van der Waals surface area contributed by atoms with E-state index in [0.29, 0.717) is 42.0 Å². The van der Waals surface area contributed by atoms with Crippen molar-refractivity contribution in [3.8, 4) is 0 Å². The lowest BCUT2D eigenvalue weighted by Crippen LogP contribution is -2.46. The second-order valence-electron chi connectivity index (χ2n) is 15.3. The van der Waals surface area contributed by atoms with Crippen molar-refractivity contribution in [1.29, 1.82) is 0 Å². The fraction of sp³-hybridized carbons (Fsp3) is 0.256. The Bertz CT molecular complexity index is 2410. The van der Waals surface area contributed by atoms with Crippen molar-refractivity contribution in [3.63, 3.8) is 0 Å². The van der Waals surface area contributed by atoms with Gasteiger partial charge in [-0.05, 0) is 66.4 Å². The fourth-order valence-electron chi connectivity index (χ4n) is 9.18. The van der Waals surface area contributed by atoms with Crippen molar-refractivity contribution in [2.75, 3.05) is 9.80 Å². The van der Waals surface area contributed by atoms with Crippen molar-refractivity contribution in [1.82, 2.24) is 15.0 Å². The van der Waals surface area contributed by atoms with E-state index in [0.717, 1.165) is 33.3 Å². The van der Waals surface area contributed by atoms with Crippen LogP contribution in [0.2, 0.25) is 18.6 Å². The molecule has 4 heterocycles. The highest BCUT2D eigenvalue weighted by Gasteiger charge is 2.66. The molecule has 3 aliphatic heterocycles. The van der Waals surface area contributed by atoms with E-state index in [1.165, 1.54) is 0 Å². The zero-order valence-corrected chi connectivity index (χ0v) is 31.3. The SMILES string of the molecule is C[C@H]1[C@H]([Si](C)(C)O)[C@@H](CCn2cc([C@H](O)c3ccccc3)nn2)O[C@]12C(=O)N(Cc1ccccc1)c1ccc(N3C(=O)c4cccc5cccc3c45)cc12. The number of rotatable bonds is 9. The first kappa shape index (κ1) is 34.3. The molecule has 3 aliphatic rings. The molecule has 2 N–H and O–H groups in total. The number of carbonyl (C=O) groups excluding carboxylic acids is 2. The number of aromatic nitrogens is 3. The highest BCUT2D eigenvalue weighted by atomic mass is 28.4. The second-order valence-corrected chi connectivity index (χ2v) is 19.2. The third-order valence-electron chi connectivity index (χ3n) is 11.6. The monoisotopic (exact) mass is 735 g/mol. The molecule has 11 heteroatoms. The zero-order valence-electron chi connectivity index (χ0n) is 30.3. The summed E-state index contributed by atoms with van der Waals surface area (Å²) in [6, 6.07) is 36.7. The van der Waals surface area contributed by atoms with Crippen LogP contribution >= 0.6 is 0 Å². The topological polar surface area (TPSA) is 121 Å². The van der Waals surface area contributed by atoms with Crippen LogP contribution in [-0.2, 0) is 28.2 Å². The second kappa shape index (κ2) is 12.8. The summed E-state index contributed by atoms with van der Waals surface area (Å²) < 4.78 is 8.83. The number of fused-ring (bicyclic) bond motifs is 2. The number of carbonyl (C=O) groups is 2.